The van der Waals surface area contributed by atoms with Crippen LogP contribution in [0.25, 0.3) is 0 Å². The van der Waals surface area contributed by atoms with E-state index < -0.39 is 0 Å². The van der Waals surface area contributed by atoms with E-state index in [2.05, 4.69) is 11.9 Å². The van der Waals surface area contributed by atoms with E-state index in [1.165, 1.54) is 12.8 Å². The van der Waals surface area contributed by atoms with Gasteiger partial charge in [0.2, 0.25) is 5.91 Å². The Kier molecular flexibility index (Phi) is 4.39. The maximum atomic E-state index is 11.8. The molecule has 0 aromatic carbocycles. The molecule has 1 heterocycles. The second kappa shape index (κ2) is 5.35. The Morgan fingerprint density at radius 3 is 2.50 bits per heavy atom. The summed E-state index contributed by atoms with van der Waals surface area (Å²) in [5.41, 5.74) is 0. The number of nitrogens with zero attached hydrogens (tertiary/aromatic N) is 2. The van der Waals surface area contributed by atoms with Crippen molar-refractivity contribution in [2.24, 2.45) is 0 Å². The highest BCUT2D eigenvalue weighted by Gasteiger charge is 2.24. The van der Waals surface area contributed by atoms with Gasteiger partial charge >= 0.3 is 0 Å². The molecule has 3 heteroatoms. The first-order valence-corrected chi connectivity index (χ1v) is 5.67. The number of hydrogen-bond donors (Lipinski definition) is 0. The zero-order valence-corrected chi connectivity index (χ0v) is 9.62. The summed E-state index contributed by atoms with van der Waals surface area (Å²) in [5.74, 6) is 0.314. The van der Waals surface area contributed by atoms with Crippen molar-refractivity contribution in [1.29, 1.82) is 0 Å². The largest absolute Gasteiger partial charge is 0.343 e. The van der Waals surface area contributed by atoms with Gasteiger partial charge in [-0.25, -0.2) is 0 Å². The lowest BCUT2D eigenvalue weighted by atomic mass is 10.1. The molecule has 0 spiro atoms. The van der Waals surface area contributed by atoms with Crippen LogP contribution in [0.4, 0.5) is 0 Å². The van der Waals surface area contributed by atoms with Crippen LogP contribution in [0, 0.1) is 0 Å². The molecule has 82 valence electrons. The standard InChI is InChI=1S/C11H22N2O/c1-4-13(5-2)11(14)9-10-7-6-8-12(10)3/h10H,4-9H2,1-3H3. The molecule has 1 atom stereocenters. The van der Waals surface area contributed by atoms with Gasteiger partial charge in [-0.3, -0.25) is 4.79 Å². The van der Waals surface area contributed by atoms with Crippen LogP contribution in [-0.2, 0) is 4.79 Å². The summed E-state index contributed by atoms with van der Waals surface area (Å²) in [6.45, 7) is 6.91. The lowest BCUT2D eigenvalue weighted by Crippen LogP contribution is -2.36. The molecule has 1 rings (SSSR count). The Morgan fingerprint density at radius 2 is 2.07 bits per heavy atom. The summed E-state index contributed by atoms with van der Waals surface area (Å²) in [5, 5.41) is 0. The lowest BCUT2D eigenvalue weighted by Gasteiger charge is -2.24. The predicted octanol–water partition coefficient (Wildman–Crippen LogP) is 1.34. The highest BCUT2D eigenvalue weighted by atomic mass is 16.2. The number of amides is 1. The maximum Gasteiger partial charge on any atom is 0.224 e. The Labute approximate surface area is 87.1 Å². The minimum absolute atomic E-state index is 0.314. The van der Waals surface area contributed by atoms with E-state index >= 15 is 0 Å². The van der Waals surface area contributed by atoms with Crippen LogP contribution in [0.3, 0.4) is 0 Å². The second-order valence-corrected chi connectivity index (χ2v) is 4.05. The lowest BCUT2D eigenvalue weighted by molar-refractivity contribution is -0.131. The maximum absolute atomic E-state index is 11.8. The smallest absolute Gasteiger partial charge is 0.224 e. The van der Waals surface area contributed by atoms with E-state index in [0.29, 0.717) is 18.4 Å². The van der Waals surface area contributed by atoms with Crippen molar-refractivity contribution < 1.29 is 4.79 Å². The monoisotopic (exact) mass is 198 g/mol. The number of hydrogen-bond acceptors (Lipinski definition) is 2. The summed E-state index contributed by atoms with van der Waals surface area (Å²) >= 11 is 0. The number of carbonyl (C=O) groups is 1. The number of rotatable bonds is 4. The molecule has 1 saturated heterocycles. The molecule has 0 bridgehead atoms. The molecule has 0 aromatic rings. The zero-order chi connectivity index (χ0) is 10.6. The summed E-state index contributed by atoms with van der Waals surface area (Å²) in [6.07, 6.45) is 3.13. The SMILES string of the molecule is CCN(CC)C(=O)CC1CCCN1C. The average Bonchev–Trinajstić information content (AvgIpc) is 2.54. The van der Waals surface area contributed by atoms with Gasteiger partial charge in [0, 0.05) is 25.6 Å². The zero-order valence-electron chi connectivity index (χ0n) is 9.62. The molecule has 14 heavy (non-hydrogen) atoms. The van der Waals surface area contributed by atoms with Gasteiger partial charge in [0.05, 0.1) is 0 Å². The Hall–Kier alpha value is -0.570. The normalized spacial score (nSPS) is 22.6. The van der Waals surface area contributed by atoms with Gasteiger partial charge in [-0.1, -0.05) is 0 Å². The number of carbonyl (C=O) groups excluding carboxylic acids is 1. The average molecular weight is 198 g/mol. The topological polar surface area (TPSA) is 23.6 Å². The Balaban J connectivity index is 2.39. The molecule has 1 aliphatic heterocycles. The van der Waals surface area contributed by atoms with E-state index in [-0.39, 0.29) is 0 Å². The van der Waals surface area contributed by atoms with Gasteiger partial charge in [0.25, 0.3) is 0 Å². The van der Waals surface area contributed by atoms with Crippen molar-refractivity contribution >= 4 is 5.91 Å². The van der Waals surface area contributed by atoms with Gasteiger partial charge in [-0.05, 0) is 40.3 Å². The van der Waals surface area contributed by atoms with Crippen LogP contribution in [-0.4, -0.2) is 48.4 Å². The van der Waals surface area contributed by atoms with E-state index in [9.17, 15) is 4.79 Å². The van der Waals surface area contributed by atoms with Crippen molar-refractivity contribution in [3.63, 3.8) is 0 Å². The second-order valence-electron chi connectivity index (χ2n) is 4.05. The van der Waals surface area contributed by atoms with Crippen molar-refractivity contribution in [3.8, 4) is 0 Å². The third kappa shape index (κ3) is 2.71. The van der Waals surface area contributed by atoms with Crippen LogP contribution >= 0.6 is 0 Å². The summed E-state index contributed by atoms with van der Waals surface area (Å²) in [6, 6.07) is 0.489. The van der Waals surface area contributed by atoms with Gasteiger partial charge < -0.3 is 9.80 Å². The molecule has 0 aliphatic carbocycles. The quantitative estimate of drug-likeness (QED) is 0.680. The van der Waals surface area contributed by atoms with Crippen LogP contribution < -0.4 is 0 Å². The van der Waals surface area contributed by atoms with Crippen molar-refractivity contribution in [3.05, 3.63) is 0 Å². The molecule has 1 fully saturated rings. The van der Waals surface area contributed by atoms with E-state index in [4.69, 9.17) is 0 Å². The van der Waals surface area contributed by atoms with Crippen molar-refractivity contribution in [2.75, 3.05) is 26.7 Å². The minimum atomic E-state index is 0.314. The van der Waals surface area contributed by atoms with Crippen LogP contribution in [0.2, 0.25) is 0 Å². The third-order valence-corrected chi connectivity index (χ3v) is 3.20. The van der Waals surface area contributed by atoms with Crippen LogP contribution in [0.5, 0.6) is 0 Å². The van der Waals surface area contributed by atoms with Crippen molar-refractivity contribution in [1.82, 2.24) is 9.80 Å². The Morgan fingerprint density at radius 1 is 1.43 bits per heavy atom. The fourth-order valence-corrected chi connectivity index (χ4v) is 2.14. The minimum Gasteiger partial charge on any atom is -0.343 e. The van der Waals surface area contributed by atoms with Gasteiger partial charge in [0.1, 0.15) is 0 Å². The molecule has 0 saturated carbocycles. The summed E-state index contributed by atoms with van der Waals surface area (Å²) in [7, 11) is 2.12. The summed E-state index contributed by atoms with van der Waals surface area (Å²) in [4.78, 5) is 16.0. The first-order chi connectivity index (χ1) is 6.69. The molecule has 1 aliphatic rings. The van der Waals surface area contributed by atoms with Gasteiger partial charge in [-0.15, -0.1) is 0 Å². The highest BCUT2D eigenvalue weighted by Crippen LogP contribution is 2.18. The molecule has 0 radical (unpaired) electrons. The molecule has 1 unspecified atom stereocenters. The van der Waals surface area contributed by atoms with Crippen LogP contribution in [0.15, 0.2) is 0 Å². The molecule has 0 aromatic heterocycles. The first-order valence-electron chi connectivity index (χ1n) is 5.67. The van der Waals surface area contributed by atoms with Gasteiger partial charge in [0.15, 0.2) is 0 Å². The number of likely N-dealkylation sites (tertiary alicyclic amines) is 1. The van der Waals surface area contributed by atoms with Crippen LogP contribution in [0.1, 0.15) is 33.1 Å². The highest BCUT2D eigenvalue weighted by molar-refractivity contribution is 5.76. The van der Waals surface area contributed by atoms with E-state index in [0.717, 1.165) is 19.6 Å². The molecular weight excluding hydrogens is 176 g/mol. The molecule has 0 N–H and O–H groups in total. The molecular formula is C11H22N2O. The van der Waals surface area contributed by atoms with E-state index in [1.807, 2.05) is 18.7 Å². The predicted molar refractivity (Wildman–Crippen MR) is 58.2 cm³/mol. The summed E-state index contributed by atoms with van der Waals surface area (Å²) < 4.78 is 0. The Bertz CT molecular complexity index is 190. The van der Waals surface area contributed by atoms with E-state index in [1.54, 1.807) is 0 Å². The van der Waals surface area contributed by atoms with Gasteiger partial charge in [-0.2, -0.15) is 0 Å². The third-order valence-electron chi connectivity index (χ3n) is 3.20. The first kappa shape index (κ1) is 11.5. The fourth-order valence-electron chi connectivity index (χ4n) is 2.14. The van der Waals surface area contributed by atoms with Crippen molar-refractivity contribution in [2.45, 2.75) is 39.2 Å². The molecule has 1 amide bonds. The fraction of sp³-hybridized carbons (Fsp3) is 0.909. The molecule has 3 nitrogen and oxygen atoms in total.